The largest absolute Gasteiger partial charge is 0.422 e. The minimum Gasteiger partial charge on any atom is -0.422 e. The van der Waals surface area contributed by atoms with Crippen molar-refractivity contribution in [2.45, 2.75) is 27.7 Å². The lowest BCUT2D eigenvalue weighted by Crippen LogP contribution is -2.28. The van der Waals surface area contributed by atoms with Gasteiger partial charge in [0.1, 0.15) is 12.6 Å². The molecule has 0 spiro atoms. The third kappa shape index (κ3) is 4.41. The molecule has 5 nitrogen and oxygen atoms in total. The molecule has 24 heavy (non-hydrogen) atoms. The van der Waals surface area contributed by atoms with E-state index < -0.39 is 17.4 Å². The minimum atomic E-state index is -0.655. The number of esters is 2. The quantitative estimate of drug-likeness (QED) is 0.494. The third-order valence-corrected chi connectivity index (χ3v) is 3.29. The molecule has 0 radical (unpaired) electrons. The van der Waals surface area contributed by atoms with Crippen LogP contribution in [-0.2, 0) is 11.8 Å². The smallest absolute Gasteiger partial charge is 0.349 e. The molecule has 0 atom stereocenters. The van der Waals surface area contributed by atoms with E-state index in [1.165, 1.54) is 0 Å². The second kappa shape index (κ2) is 6.83. The Morgan fingerprint density at radius 2 is 1.75 bits per heavy atom. The predicted molar refractivity (Wildman–Crippen MR) is 88.8 cm³/mol. The van der Waals surface area contributed by atoms with Crippen LogP contribution in [0.2, 0.25) is 0 Å². The molecule has 0 amide bonds. The fraction of sp³-hybridized carbons (Fsp3) is 0.316. The van der Waals surface area contributed by atoms with Crippen LogP contribution in [0.15, 0.2) is 42.7 Å². The van der Waals surface area contributed by atoms with Gasteiger partial charge in [-0.1, -0.05) is 6.07 Å². The number of ether oxygens (including phenoxy) is 2. The zero-order valence-electron chi connectivity index (χ0n) is 14.6. The Morgan fingerprint density at radius 3 is 2.38 bits per heavy atom. The number of rotatable bonds is 3. The van der Waals surface area contributed by atoms with Crippen molar-refractivity contribution in [1.29, 1.82) is 0 Å². The molecule has 0 unspecified atom stereocenters. The van der Waals surface area contributed by atoms with Crippen LogP contribution >= 0.6 is 0 Å². The van der Waals surface area contributed by atoms with E-state index in [9.17, 15) is 9.59 Å². The van der Waals surface area contributed by atoms with Gasteiger partial charge < -0.3 is 9.47 Å². The van der Waals surface area contributed by atoms with Crippen LogP contribution in [0.5, 0.6) is 11.5 Å². The first-order chi connectivity index (χ1) is 11.2. The van der Waals surface area contributed by atoms with Crippen molar-refractivity contribution in [2.24, 2.45) is 12.5 Å². The van der Waals surface area contributed by atoms with Crippen LogP contribution in [0, 0.1) is 12.3 Å². The maximum atomic E-state index is 12.3. The van der Waals surface area contributed by atoms with Gasteiger partial charge in [0.05, 0.1) is 5.41 Å². The first kappa shape index (κ1) is 17.7. The highest BCUT2D eigenvalue weighted by atomic mass is 16.6. The van der Waals surface area contributed by atoms with E-state index in [1.807, 2.05) is 20.2 Å². The van der Waals surface area contributed by atoms with Crippen molar-refractivity contribution in [3.63, 3.8) is 0 Å². The van der Waals surface area contributed by atoms with Crippen molar-refractivity contribution < 1.29 is 23.6 Å². The number of hydrogen-bond donors (Lipinski definition) is 0. The zero-order chi connectivity index (χ0) is 17.9. The van der Waals surface area contributed by atoms with Crippen LogP contribution in [0.4, 0.5) is 0 Å². The van der Waals surface area contributed by atoms with E-state index in [0.29, 0.717) is 5.56 Å². The van der Waals surface area contributed by atoms with E-state index >= 15 is 0 Å². The molecule has 0 aliphatic carbocycles. The van der Waals surface area contributed by atoms with Gasteiger partial charge in [0.15, 0.2) is 23.9 Å². The van der Waals surface area contributed by atoms with E-state index in [0.717, 1.165) is 5.56 Å². The van der Waals surface area contributed by atoms with Crippen molar-refractivity contribution in [3.8, 4) is 11.5 Å². The second-order valence-electron chi connectivity index (χ2n) is 6.74. The van der Waals surface area contributed by atoms with Crippen molar-refractivity contribution >= 4 is 11.9 Å². The first-order valence-electron chi connectivity index (χ1n) is 7.67. The van der Waals surface area contributed by atoms with Gasteiger partial charge in [-0.3, -0.25) is 4.79 Å². The summed E-state index contributed by atoms with van der Waals surface area (Å²) in [4.78, 5) is 24.4. The van der Waals surface area contributed by atoms with Crippen LogP contribution < -0.4 is 14.0 Å². The number of pyridine rings is 1. The summed E-state index contributed by atoms with van der Waals surface area (Å²) in [5.41, 5.74) is 0.657. The average Bonchev–Trinajstić information content (AvgIpc) is 2.49. The molecular weight excluding hydrogens is 306 g/mol. The van der Waals surface area contributed by atoms with Crippen LogP contribution in [0.3, 0.4) is 0 Å². The molecule has 1 aromatic carbocycles. The van der Waals surface area contributed by atoms with Crippen LogP contribution in [0.1, 0.15) is 36.7 Å². The number of aromatic nitrogens is 1. The highest BCUT2D eigenvalue weighted by Crippen LogP contribution is 2.31. The average molecular weight is 328 g/mol. The predicted octanol–water partition coefficient (Wildman–Crippen LogP) is 2.99. The van der Waals surface area contributed by atoms with Crippen molar-refractivity contribution in [3.05, 3.63) is 53.9 Å². The standard InChI is InChI=1S/C19H22NO4/c1-13-8-9-15(16(11-13)24-18(22)19(2,3)4)23-17(21)14-7-6-10-20(5)12-14/h6-12H,1-5H3/q+1. The summed E-state index contributed by atoms with van der Waals surface area (Å²) < 4.78 is 12.6. The third-order valence-electron chi connectivity index (χ3n) is 3.29. The number of nitrogens with zero attached hydrogens (tertiary/aromatic N) is 1. The molecule has 0 bridgehead atoms. The van der Waals surface area contributed by atoms with E-state index in [1.54, 1.807) is 61.9 Å². The van der Waals surface area contributed by atoms with Gasteiger partial charge in [-0.05, 0) is 51.5 Å². The first-order valence-corrected chi connectivity index (χ1v) is 7.67. The van der Waals surface area contributed by atoms with Crippen LogP contribution in [0.25, 0.3) is 0 Å². The van der Waals surface area contributed by atoms with E-state index in [2.05, 4.69) is 0 Å². The van der Waals surface area contributed by atoms with Gasteiger partial charge in [0, 0.05) is 6.07 Å². The van der Waals surface area contributed by atoms with E-state index in [-0.39, 0.29) is 11.5 Å². The number of hydrogen-bond acceptors (Lipinski definition) is 4. The lowest BCUT2D eigenvalue weighted by molar-refractivity contribution is -0.671. The maximum Gasteiger partial charge on any atom is 0.349 e. The highest BCUT2D eigenvalue weighted by Gasteiger charge is 2.25. The molecule has 0 saturated carbocycles. The number of carbonyl (C=O) groups excluding carboxylic acids is 2. The Bertz CT molecular complexity index is 775. The summed E-state index contributed by atoms with van der Waals surface area (Å²) in [5, 5.41) is 0. The fourth-order valence-corrected chi connectivity index (χ4v) is 1.90. The Labute approximate surface area is 141 Å². The van der Waals surface area contributed by atoms with Gasteiger partial charge >= 0.3 is 11.9 Å². The number of aryl methyl sites for hydroxylation is 2. The molecule has 2 rings (SSSR count). The molecule has 0 N–H and O–H groups in total. The summed E-state index contributed by atoms with van der Waals surface area (Å²) in [7, 11) is 1.82. The maximum absolute atomic E-state index is 12.3. The summed E-state index contributed by atoms with van der Waals surface area (Å²) in [6, 6.07) is 8.52. The molecule has 0 saturated heterocycles. The topological polar surface area (TPSA) is 56.5 Å². The summed E-state index contributed by atoms with van der Waals surface area (Å²) in [6.07, 6.45) is 3.48. The zero-order valence-corrected chi connectivity index (χ0v) is 14.6. The van der Waals surface area contributed by atoms with Gasteiger partial charge in [-0.15, -0.1) is 0 Å². The monoisotopic (exact) mass is 328 g/mol. The lowest BCUT2D eigenvalue weighted by atomic mass is 9.97. The molecule has 126 valence electrons. The molecule has 1 aromatic heterocycles. The van der Waals surface area contributed by atoms with Gasteiger partial charge in [0.2, 0.25) is 0 Å². The lowest BCUT2D eigenvalue weighted by Gasteiger charge is -2.18. The molecule has 0 aliphatic heterocycles. The Hall–Kier alpha value is -2.69. The molecular formula is C19H22NO4+. The fourth-order valence-electron chi connectivity index (χ4n) is 1.90. The molecule has 5 heteroatoms. The Kier molecular flexibility index (Phi) is 5.02. The van der Waals surface area contributed by atoms with Gasteiger partial charge in [-0.25, -0.2) is 9.36 Å². The number of carbonyl (C=O) groups is 2. The Morgan fingerprint density at radius 1 is 1.04 bits per heavy atom. The summed E-state index contributed by atoms with van der Waals surface area (Å²) in [6.45, 7) is 7.17. The SMILES string of the molecule is Cc1ccc(OC(=O)c2ccc[n+](C)c2)c(OC(=O)C(C)(C)C)c1. The highest BCUT2D eigenvalue weighted by molar-refractivity contribution is 5.91. The summed E-state index contributed by atoms with van der Waals surface area (Å²) >= 11 is 0. The summed E-state index contributed by atoms with van der Waals surface area (Å²) in [5.74, 6) is -0.446. The molecule has 0 aliphatic rings. The minimum absolute atomic E-state index is 0.217. The van der Waals surface area contributed by atoms with Gasteiger partial charge in [-0.2, -0.15) is 0 Å². The molecule has 2 aromatic rings. The van der Waals surface area contributed by atoms with Crippen molar-refractivity contribution in [2.75, 3.05) is 0 Å². The molecule has 0 fully saturated rings. The number of benzene rings is 1. The normalized spacial score (nSPS) is 11.0. The van der Waals surface area contributed by atoms with E-state index in [4.69, 9.17) is 9.47 Å². The Balaban J connectivity index is 2.27. The van der Waals surface area contributed by atoms with Crippen molar-refractivity contribution in [1.82, 2.24) is 0 Å². The molecule has 1 heterocycles. The van der Waals surface area contributed by atoms with Gasteiger partial charge in [0.25, 0.3) is 0 Å². The van der Waals surface area contributed by atoms with Crippen LogP contribution in [-0.4, -0.2) is 11.9 Å². The second-order valence-corrected chi connectivity index (χ2v) is 6.74.